The van der Waals surface area contributed by atoms with Crippen molar-refractivity contribution in [1.29, 1.82) is 0 Å². The smallest absolute Gasteiger partial charge is 0.337 e. The number of benzene rings is 3. The van der Waals surface area contributed by atoms with Crippen LogP contribution >= 0.6 is 0 Å². The Balaban J connectivity index is 1.37. The molecule has 1 fully saturated rings. The molecule has 1 aromatic heterocycles. The Bertz CT molecular complexity index is 1670. The molecule has 1 amide bonds. The number of rotatable bonds is 6. The van der Waals surface area contributed by atoms with Gasteiger partial charge in [0.25, 0.3) is 0 Å². The van der Waals surface area contributed by atoms with Gasteiger partial charge in [-0.05, 0) is 50.1 Å². The van der Waals surface area contributed by atoms with Crippen LogP contribution in [0, 0.1) is 0 Å². The minimum atomic E-state index is -0.459. The number of aromatic amines is 1. The van der Waals surface area contributed by atoms with E-state index in [2.05, 4.69) is 9.88 Å². The molecular weight excluding hydrogens is 532 g/mol. The standard InChI is InChI=1S/C33H34N4O5/c1-20-17-36(18-21(2)42-20)19-29(38)37-14-13-22-9-11-25(16-28(22)37)34-31(23-7-5-4-6-8-23)30-26-12-10-24(33(40)41-3)15-27(26)35-32(30)39/h4-12,15-16,20-21,35,39H,13-14,17-19H2,1-3H3. The van der Waals surface area contributed by atoms with Crippen molar-refractivity contribution < 1.29 is 24.2 Å². The van der Waals surface area contributed by atoms with Gasteiger partial charge in [0.2, 0.25) is 5.91 Å². The van der Waals surface area contributed by atoms with Gasteiger partial charge < -0.3 is 24.5 Å². The summed E-state index contributed by atoms with van der Waals surface area (Å²) in [5.41, 5.74) is 5.52. The summed E-state index contributed by atoms with van der Waals surface area (Å²) in [5, 5.41) is 11.8. The van der Waals surface area contributed by atoms with E-state index in [1.54, 1.807) is 18.2 Å². The molecular formula is C33H34N4O5. The number of nitrogens with zero attached hydrogens (tertiary/aromatic N) is 3. The maximum Gasteiger partial charge on any atom is 0.337 e. The number of hydrogen-bond donors (Lipinski definition) is 2. The van der Waals surface area contributed by atoms with Crippen LogP contribution in [-0.2, 0) is 20.7 Å². The molecule has 2 aliphatic rings. The molecule has 6 rings (SSSR count). The molecule has 0 saturated carbocycles. The van der Waals surface area contributed by atoms with Crippen LogP contribution in [0.25, 0.3) is 10.9 Å². The zero-order valence-electron chi connectivity index (χ0n) is 24.0. The number of carbonyl (C=O) groups is 2. The molecule has 0 bridgehead atoms. The number of hydrogen-bond acceptors (Lipinski definition) is 7. The number of H-pyrrole nitrogens is 1. The number of aromatic hydroxyl groups is 1. The maximum absolute atomic E-state index is 13.5. The van der Waals surface area contributed by atoms with Crippen molar-refractivity contribution in [3.8, 4) is 5.88 Å². The van der Waals surface area contributed by atoms with Gasteiger partial charge in [-0.1, -0.05) is 42.5 Å². The van der Waals surface area contributed by atoms with Gasteiger partial charge in [0.1, 0.15) is 0 Å². The van der Waals surface area contributed by atoms with Crippen LogP contribution in [0.3, 0.4) is 0 Å². The number of morpholine rings is 1. The first-order valence-electron chi connectivity index (χ1n) is 14.2. The quantitative estimate of drug-likeness (QED) is 0.256. The Labute approximate surface area is 244 Å². The molecule has 0 spiro atoms. The summed E-state index contributed by atoms with van der Waals surface area (Å²) in [5.74, 6) is -0.448. The molecule has 9 heteroatoms. The Hall–Kier alpha value is -4.47. The number of fused-ring (bicyclic) bond motifs is 2. The molecule has 1 saturated heterocycles. The summed E-state index contributed by atoms with van der Waals surface area (Å²) in [6, 6.07) is 20.7. The first-order chi connectivity index (χ1) is 20.3. The van der Waals surface area contributed by atoms with Crippen LogP contribution < -0.4 is 4.90 Å². The highest BCUT2D eigenvalue weighted by molar-refractivity contribution is 6.22. The summed E-state index contributed by atoms with van der Waals surface area (Å²) in [7, 11) is 1.33. The molecule has 4 aromatic rings. The number of carbonyl (C=O) groups excluding carboxylic acids is 2. The number of methoxy groups -OCH3 is 1. The van der Waals surface area contributed by atoms with Crippen LogP contribution in [0.1, 0.15) is 40.9 Å². The number of ether oxygens (including phenoxy) is 2. The average Bonchev–Trinajstić information content (AvgIpc) is 3.55. The SMILES string of the molecule is COC(=O)c1ccc2c(C(=Nc3ccc4c(c3)N(C(=O)CN3CC(C)OC(C)C3)CC4)c3ccccc3)c(O)[nH]c2c1. The second-order valence-corrected chi connectivity index (χ2v) is 11.0. The van der Waals surface area contributed by atoms with Crippen molar-refractivity contribution in [2.45, 2.75) is 32.5 Å². The van der Waals surface area contributed by atoms with Crippen molar-refractivity contribution in [3.05, 3.63) is 89.0 Å². The second kappa shape index (κ2) is 11.4. The van der Waals surface area contributed by atoms with E-state index in [4.69, 9.17) is 14.5 Å². The minimum absolute atomic E-state index is 0.0541. The monoisotopic (exact) mass is 566 g/mol. The predicted molar refractivity (Wildman–Crippen MR) is 162 cm³/mol. The molecule has 3 heterocycles. The highest BCUT2D eigenvalue weighted by Crippen LogP contribution is 2.35. The molecule has 2 atom stereocenters. The number of aliphatic imine (C=N–C) groups is 1. The first kappa shape index (κ1) is 27.7. The molecule has 2 unspecified atom stereocenters. The third-order valence-electron chi connectivity index (χ3n) is 7.84. The summed E-state index contributed by atoms with van der Waals surface area (Å²) in [6.45, 7) is 6.52. The van der Waals surface area contributed by atoms with Crippen molar-refractivity contribution in [3.63, 3.8) is 0 Å². The summed E-state index contributed by atoms with van der Waals surface area (Å²) >= 11 is 0. The average molecular weight is 567 g/mol. The highest BCUT2D eigenvalue weighted by atomic mass is 16.5. The molecule has 9 nitrogen and oxygen atoms in total. The summed E-state index contributed by atoms with van der Waals surface area (Å²) < 4.78 is 10.7. The van der Waals surface area contributed by atoms with E-state index >= 15 is 0 Å². The van der Waals surface area contributed by atoms with E-state index in [1.807, 2.05) is 67.3 Å². The van der Waals surface area contributed by atoms with Gasteiger partial charge in [-0.2, -0.15) is 0 Å². The lowest BCUT2D eigenvalue weighted by molar-refractivity contribution is -0.123. The fraction of sp³-hybridized carbons (Fsp3) is 0.303. The van der Waals surface area contributed by atoms with Gasteiger partial charge in [0.05, 0.1) is 48.4 Å². The van der Waals surface area contributed by atoms with E-state index in [1.165, 1.54) is 7.11 Å². The number of aromatic nitrogens is 1. The lowest BCUT2D eigenvalue weighted by Gasteiger charge is -2.35. The van der Waals surface area contributed by atoms with Crippen LogP contribution in [0.4, 0.5) is 11.4 Å². The van der Waals surface area contributed by atoms with Gasteiger partial charge >= 0.3 is 5.97 Å². The molecule has 2 aliphatic heterocycles. The van der Waals surface area contributed by atoms with Crippen molar-refractivity contribution >= 4 is 39.9 Å². The van der Waals surface area contributed by atoms with Crippen molar-refractivity contribution in [1.82, 2.24) is 9.88 Å². The maximum atomic E-state index is 13.5. The third kappa shape index (κ3) is 5.41. The number of nitrogens with one attached hydrogen (secondary N) is 1. The lowest BCUT2D eigenvalue weighted by atomic mass is 10.00. The van der Waals surface area contributed by atoms with E-state index in [0.717, 1.165) is 41.7 Å². The van der Waals surface area contributed by atoms with Crippen LogP contribution in [0.15, 0.2) is 71.7 Å². The van der Waals surface area contributed by atoms with E-state index < -0.39 is 5.97 Å². The Morgan fingerprint density at radius 3 is 2.52 bits per heavy atom. The number of anilines is 1. The van der Waals surface area contributed by atoms with Crippen LogP contribution in [0.2, 0.25) is 0 Å². The first-order valence-corrected chi connectivity index (χ1v) is 14.2. The Morgan fingerprint density at radius 1 is 1.02 bits per heavy atom. The topological polar surface area (TPSA) is 107 Å². The van der Waals surface area contributed by atoms with Gasteiger partial charge in [0.15, 0.2) is 5.88 Å². The van der Waals surface area contributed by atoms with Crippen LogP contribution in [-0.4, -0.2) is 78.1 Å². The molecule has 216 valence electrons. The van der Waals surface area contributed by atoms with E-state index in [0.29, 0.717) is 41.1 Å². The summed E-state index contributed by atoms with van der Waals surface area (Å²) in [6.07, 6.45) is 0.980. The Kier molecular flexibility index (Phi) is 7.53. The van der Waals surface area contributed by atoms with Gasteiger partial charge in [-0.15, -0.1) is 0 Å². The molecule has 42 heavy (non-hydrogen) atoms. The second-order valence-electron chi connectivity index (χ2n) is 11.0. The summed E-state index contributed by atoms with van der Waals surface area (Å²) in [4.78, 5) is 37.6. The minimum Gasteiger partial charge on any atom is -0.494 e. The van der Waals surface area contributed by atoms with Gasteiger partial charge in [-0.25, -0.2) is 9.79 Å². The lowest BCUT2D eigenvalue weighted by Crippen LogP contribution is -2.49. The van der Waals surface area contributed by atoms with Crippen molar-refractivity contribution in [2.75, 3.05) is 38.2 Å². The fourth-order valence-electron chi connectivity index (χ4n) is 6.04. The highest BCUT2D eigenvalue weighted by Gasteiger charge is 2.29. The number of amides is 1. The van der Waals surface area contributed by atoms with Crippen LogP contribution in [0.5, 0.6) is 5.88 Å². The number of esters is 1. The largest absolute Gasteiger partial charge is 0.494 e. The van der Waals surface area contributed by atoms with E-state index in [-0.39, 0.29) is 24.0 Å². The van der Waals surface area contributed by atoms with Gasteiger partial charge in [-0.3, -0.25) is 9.69 Å². The third-order valence-corrected chi connectivity index (χ3v) is 7.84. The zero-order valence-corrected chi connectivity index (χ0v) is 24.0. The molecule has 3 aromatic carbocycles. The predicted octanol–water partition coefficient (Wildman–Crippen LogP) is 4.83. The van der Waals surface area contributed by atoms with Crippen molar-refractivity contribution in [2.24, 2.45) is 4.99 Å². The normalized spacial score (nSPS) is 19.2. The molecule has 0 aliphatic carbocycles. The molecule has 2 N–H and O–H groups in total. The van der Waals surface area contributed by atoms with E-state index in [9.17, 15) is 14.7 Å². The molecule has 0 radical (unpaired) electrons. The zero-order chi connectivity index (χ0) is 29.4. The van der Waals surface area contributed by atoms with Gasteiger partial charge in [0, 0.05) is 41.8 Å². The Morgan fingerprint density at radius 2 is 1.79 bits per heavy atom. The fourth-order valence-corrected chi connectivity index (χ4v) is 6.04.